The van der Waals surface area contributed by atoms with E-state index in [1.54, 1.807) is 17.9 Å². The summed E-state index contributed by atoms with van der Waals surface area (Å²) in [5.74, 6) is 0. The van der Waals surface area contributed by atoms with Gasteiger partial charge in [-0.2, -0.15) is 10.4 Å². The predicted octanol–water partition coefficient (Wildman–Crippen LogP) is 0.600. The monoisotopic (exact) mass is 121 g/mol. The van der Waals surface area contributed by atoms with Crippen molar-refractivity contribution in [1.29, 1.82) is 5.26 Å². The Bertz CT molecular complexity index is 254. The van der Waals surface area contributed by atoms with Crippen LogP contribution in [0.15, 0.2) is 6.20 Å². The third-order valence-electron chi connectivity index (χ3n) is 1.13. The summed E-state index contributed by atoms with van der Waals surface area (Å²) in [6.07, 6.45) is 1.70. The minimum absolute atomic E-state index is 0.650. The lowest BCUT2D eigenvalue weighted by Gasteiger charge is -1.79. The molecule has 0 aromatic carbocycles. The highest BCUT2D eigenvalue weighted by atomic mass is 15.2. The van der Waals surface area contributed by atoms with E-state index in [1.807, 2.05) is 13.0 Å². The summed E-state index contributed by atoms with van der Waals surface area (Å²) in [6.45, 7) is 1.82. The van der Waals surface area contributed by atoms with Crippen LogP contribution in [0.3, 0.4) is 0 Å². The molecule has 0 fully saturated rings. The zero-order chi connectivity index (χ0) is 6.85. The quantitative estimate of drug-likeness (QED) is 0.504. The minimum atomic E-state index is 0.650. The molecule has 1 heterocycles. The Labute approximate surface area is 53.5 Å². The topological polar surface area (TPSA) is 41.6 Å². The van der Waals surface area contributed by atoms with Crippen LogP contribution in [0.4, 0.5) is 0 Å². The molecule has 9 heavy (non-hydrogen) atoms. The minimum Gasteiger partial charge on any atom is -0.274 e. The van der Waals surface area contributed by atoms with Gasteiger partial charge < -0.3 is 0 Å². The molecule has 0 saturated carbocycles. The van der Waals surface area contributed by atoms with Gasteiger partial charge in [-0.1, -0.05) is 0 Å². The van der Waals surface area contributed by atoms with E-state index in [1.165, 1.54) is 0 Å². The lowest BCUT2D eigenvalue weighted by Crippen LogP contribution is -1.86. The van der Waals surface area contributed by atoms with E-state index < -0.39 is 0 Å². The molecular formula is C6H7N3. The molecule has 0 saturated heterocycles. The first kappa shape index (κ1) is 5.83. The molecule has 0 spiro atoms. The highest BCUT2D eigenvalue weighted by molar-refractivity contribution is 5.29. The summed E-state index contributed by atoms with van der Waals surface area (Å²) < 4.78 is 1.63. The van der Waals surface area contributed by atoms with Gasteiger partial charge in [-0.15, -0.1) is 0 Å². The van der Waals surface area contributed by atoms with Crippen LogP contribution >= 0.6 is 0 Å². The van der Waals surface area contributed by atoms with E-state index in [9.17, 15) is 0 Å². The number of aromatic nitrogens is 2. The van der Waals surface area contributed by atoms with Gasteiger partial charge in [0.1, 0.15) is 6.07 Å². The summed E-state index contributed by atoms with van der Waals surface area (Å²) in [6, 6.07) is 2.03. The van der Waals surface area contributed by atoms with Gasteiger partial charge in [0.15, 0.2) is 0 Å². The van der Waals surface area contributed by atoms with E-state index in [-0.39, 0.29) is 0 Å². The lowest BCUT2D eigenvalue weighted by atomic mass is 10.3. The third kappa shape index (κ3) is 0.918. The Balaban J connectivity index is 3.20. The van der Waals surface area contributed by atoms with Crippen LogP contribution < -0.4 is 0 Å². The largest absolute Gasteiger partial charge is 0.274 e. The number of rotatable bonds is 0. The molecule has 0 amide bonds. The standard InChI is InChI=1S/C6H7N3/c1-5-6(3-7)4-9(2)8-5/h4H,1-2H3. The van der Waals surface area contributed by atoms with E-state index >= 15 is 0 Å². The average Bonchev–Trinajstić information content (AvgIpc) is 2.10. The molecule has 0 aliphatic carbocycles. The zero-order valence-corrected chi connectivity index (χ0v) is 5.42. The summed E-state index contributed by atoms with van der Waals surface area (Å²) in [5, 5.41) is 12.4. The van der Waals surface area contributed by atoms with Crippen LogP contribution in [0, 0.1) is 18.3 Å². The van der Waals surface area contributed by atoms with Gasteiger partial charge in [-0.3, -0.25) is 4.68 Å². The maximum absolute atomic E-state index is 8.43. The van der Waals surface area contributed by atoms with Gasteiger partial charge >= 0.3 is 0 Å². The van der Waals surface area contributed by atoms with Crippen molar-refractivity contribution in [3.8, 4) is 6.07 Å². The second-order valence-corrected chi connectivity index (χ2v) is 1.91. The van der Waals surface area contributed by atoms with Crippen molar-refractivity contribution in [2.24, 2.45) is 7.05 Å². The molecule has 0 aliphatic heterocycles. The first-order valence-corrected chi connectivity index (χ1v) is 2.64. The Hall–Kier alpha value is -1.30. The molecule has 0 atom stereocenters. The van der Waals surface area contributed by atoms with Crippen LogP contribution in [-0.2, 0) is 7.05 Å². The Morgan fingerprint density at radius 3 is 2.67 bits per heavy atom. The first-order valence-electron chi connectivity index (χ1n) is 2.64. The van der Waals surface area contributed by atoms with E-state index in [2.05, 4.69) is 5.10 Å². The second kappa shape index (κ2) is 1.90. The number of hydrogen-bond acceptors (Lipinski definition) is 2. The van der Waals surface area contributed by atoms with Gasteiger partial charge in [0.2, 0.25) is 0 Å². The fraction of sp³-hybridized carbons (Fsp3) is 0.333. The maximum Gasteiger partial charge on any atom is 0.103 e. The van der Waals surface area contributed by atoms with Crippen molar-refractivity contribution in [3.63, 3.8) is 0 Å². The molecule has 1 aromatic rings. The average molecular weight is 121 g/mol. The van der Waals surface area contributed by atoms with Crippen LogP contribution in [0.1, 0.15) is 11.3 Å². The number of hydrogen-bond donors (Lipinski definition) is 0. The van der Waals surface area contributed by atoms with Gasteiger partial charge in [-0.05, 0) is 6.92 Å². The van der Waals surface area contributed by atoms with Crippen LogP contribution in [0.2, 0.25) is 0 Å². The smallest absolute Gasteiger partial charge is 0.103 e. The molecule has 1 rings (SSSR count). The van der Waals surface area contributed by atoms with Crippen LogP contribution in [0.25, 0.3) is 0 Å². The van der Waals surface area contributed by atoms with Gasteiger partial charge in [0, 0.05) is 13.2 Å². The molecule has 46 valence electrons. The highest BCUT2D eigenvalue weighted by Crippen LogP contribution is 2.00. The van der Waals surface area contributed by atoms with E-state index in [4.69, 9.17) is 5.26 Å². The van der Waals surface area contributed by atoms with Gasteiger partial charge in [0.25, 0.3) is 0 Å². The Morgan fingerprint density at radius 1 is 1.78 bits per heavy atom. The van der Waals surface area contributed by atoms with Crippen LogP contribution in [-0.4, -0.2) is 9.78 Å². The SMILES string of the molecule is Cc1nn(C)cc1C#N. The van der Waals surface area contributed by atoms with E-state index in [0.717, 1.165) is 5.69 Å². The maximum atomic E-state index is 8.43. The van der Waals surface area contributed by atoms with Crippen molar-refractivity contribution in [1.82, 2.24) is 9.78 Å². The summed E-state index contributed by atoms with van der Waals surface area (Å²) in [5.41, 5.74) is 1.44. The normalized spacial score (nSPS) is 9.00. The molecule has 3 heteroatoms. The van der Waals surface area contributed by atoms with E-state index in [0.29, 0.717) is 5.56 Å². The summed E-state index contributed by atoms with van der Waals surface area (Å²) in [4.78, 5) is 0. The number of aryl methyl sites for hydroxylation is 2. The van der Waals surface area contributed by atoms with Crippen molar-refractivity contribution >= 4 is 0 Å². The first-order chi connectivity index (χ1) is 4.24. The molecule has 3 nitrogen and oxygen atoms in total. The summed E-state index contributed by atoms with van der Waals surface area (Å²) in [7, 11) is 1.80. The molecule has 0 bridgehead atoms. The van der Waals surface area contributed by atoms with Crippen LogP contribution in [0.5, 0.6) is 0 Å². The van der Waals surface area contributed by atoms with Gasteiger partial charge in [0.05, 0.1) is 11.3 Å². The number of nitriles is 1. The predicted molar refractivity (Wildman–Crippen MR) is 32.7 cm³/mol. The molecule has 0 aliphatic rings. The molecule has 0 radical (unpaired) electrons. The van der Waals surface area contributed by atoms with Crippen molar-refractivity contribution in [3.05, 3.63) is 17.5 Å². The molecular weight excluding hydrogens is 114 g/mol. The highest BCUT2D eigenvalue weighted by Gasteiger charge is 1.98. The fourth-order valence-electron chi connectivity index (χ4n) is 0.709. The lowest BCUT2D eigenvalue weighted by molar-refractivity contribution is 0.756. The second-order valence-electron chi connectivity index (χ2n) is 1.91. The molecule has 0 unspecified atom stereocenters. The van der Waals surface area contributed by atoms with Crippen molar-refractivity contribution in [2.45, 2.75) is 6.92 Å². The third-order valence-corrected chi connectivity index (χ3v) is 1.13. The van der Waals surface area contributed by atoms with Gasteiger partial charge in [-0.25, -0.2) is 0 Å². The Kier molecular flexibility index (Phi) is 1.23. The van der Waals surface area contributed by atoms with Crippen molar-refractivity contribution < 1.29 is 0 Å². The summed E-state index contributed by atoms with van der Waals surface area (Å²) >= 11 is 0. The zero-order valence-electron chi connectivity index (χ0n) is 5.42. The molecule has 1 aromatic heterocycles. The molecule has 0 N–H and O–H groups in total. The van der Waals surface area contributed by atoms with Crippen molar-refractivity contribution in [2.75, 3.05) is 0 Å². The Morgan fingerprint density at radius 2 is 2.44 bits per heavy atom. The number of nitrogens with zero attached hydrogens (tertiary/aromatic N) is 3. The fourth-order valence-corrected chi connectivity index (χ4v) is 0.709.